The molecule has 3 unspecified atom stereocenters. The molecule has 0 bridgehead atoms. The summed E-state index contributed by atoms with van der Waals surface area (Å²) in [5, 5.41) is 2.82. The minimum Gasteiger partial charge on any atom is -0.496 e. The Bertz CT molecular complexity index is 954. The summed E-state index contributed by atoms with van der Waals surface area (Å²) in [4.78, 5) is 39.5. The van der Waals surface area contributed by atoms with Gasteiger partial charge in [-0.25, -0.2) is 0 Å². The van der Waals surface area contributed by atoms with E-state index in [1.165, 1.54) is 12.0 Å². The third-order valence-corrected chi connectivity index (χ3v) is 5.92. The first-order chi connectivity index (χ1) is 14.0. The van der Waals surface area contributed by atoms with E-state index in [9.17, 15) is 14.4 Å². The Morgan fingerprint density at radius 1 is 1.00 bits per heavy atom. The van der Waals surface area contributed by atoms with Gasteiger partial charge in [-0.05, 0) is 61.6 Å². The number of para-hydroxylation sites is 1. The maximum absolute atomic E-state index is 12.8. The van der Waals surface area contributed by atoms with Gasteiger partial charge < -0.3 is 10.1 Å². The Morgan fingerprint density at radius 3 is 2.41 bits per heavy atom. The van der Waals surface area contributed by atoms with E-state index in [-0.39, 0.29) is 29.6 Å². The van der Waals surface area contributed by atoms with Gasteiger partial charge in [0.1, 0.15) is 5.75 Å². The van der Waals surface area contributed by atoms with Crippen LogP contribution >= 0.6 is 0 Å². The van der Waals surface area contributed by atoms with Gasteiger partial charge in [-0.3, -0.25) is 19.3 Å². The normalized spacial score (nSPS) is 23.7. The van der Waals surface area contributed by atoms with E-state index in [2.05, 4.69) is 12.2 Å². The van der Waals surface area contributed by atoms with Crippen molar-refractivity contribution in [1.82, 2.24) is 0 Å². The number of benzene rings is 2. The fraction of sp³-hybridized carbons (Fsp3) is 0.348. The van der Waals surface area contributed by atoms with Crippen LogP contribution in [-0.2, 0) is 9.59 Å². The van der Waals surface area contributed by atoms with E-state index in [1.807, 2.05) is 0 Å². The van der Waals surface area contributed by atoms with Crippen LogP contribution in [0.5, 0.6) is 5.75 Å². The molecule has 3 atom stereocenters. The summed E-state index contributed by atoms with van der Waals surface area (Å²) >= 11 is 0. The van der Waals surface area contributed by atoms with Crippen molar-refractivity contribution in [2.75, 3.05) is 17.3 Å². The van der Waals surface area contributed by atoms with Crippen LogP contribution in [0.1, 0.15) is 36.5 Å². The van der Waals surface area contributed by atoms with Crippen LogP contribution in [0, 0.1) is 17.8 Å². The Hall–Kier alpha value is -3.15. The Labute approximate surface area is 169 Å². The number of hydrogen-bond donors (Lipinski definition) is 1. The standard InChI is InChI=1S/C23H24N2O4/c1-14-7-12-17-19(13-14)23(28)25(22(17)27)16-10-8-15(9-11-16)24-21(26)18-5-3-4-6-20(18)29-2/h3-6,8-11,14,17,19H,7,12-13H2,1-2H3,(H,24,26). The Balaban J connectivity index is 1.50. The predicted octanol–water partition coefficient (Wildman–Crippen LogP) is 3.87. The smallest absolute Gasteiger partial charge is 0.259 e. The molecule has 2 aromatic rings. The molecule has 1 aliphatic carbocycles. The van der Waals surface area contributed by atoms with Gasteiger partial charge in [-0.1, -0.05) is 19.1 Å². The molecule has 1 aliphatic heterocycles. The van der Waals surface area contributed by atoms with Crippen molar-refractivity contribution in [2.45, 2.75) is 26.2 Å². The molecule has 3 amide bonds. The molecule has 0 spiro atoms. The molecule has 0 radical (unpaired) electrons. The van der Waals surface area contributed by atoms with Crippen LogP contribution in [0.4, 0.5) is 11.4 Å². The van der Waals surface area contributed by atoms with Crippen LogP contribution in [0.15, 0.2) is 48.5 Å². The second-order valence-corrected chi connectivity index (χ2v) is 7.84. The zero-order valence-electron chi connectivity index (χ0n) is 16.6. The van der Waals surface area contributed by atoms with Crippen LogP contribution in [0.25, 0.3) is 0 Å². The maximum Gasteiger partial charge on any atom is 0.259 e. The molecule has 4 rings (SSSR count). The Morgan fingerprint density at radius 2 is 1.69 bits per heavy atom. The number of amides is 3. The third kappa shape index (κ3) is 3.50. The van der Waals surface area contributed by atoms with Gasteiger partial charge in [0.05, 0.1) is 30.2 Å². The number of carbonyl (C=O) groups excluding carboxylic acids is 3. The van der Waals surface area contributed by atoms with Crippen molar-refractivity contribution < 1.29 is 19.1 Å². The number of anilines is 2. The van der Waals surface area contributed by atoms with E-state index >= 15 is 0 Å². The number of fused-ring (bicyclic) bond motifs is 1. The molecular formula is C23H24N2O4. The van der Waals surface area contributed by atoms with Gasteiger partial charge in [-0.2, -0.15) is 0 Å². The van der Waals surface area contributed by atoms with Gasteiger partial charge in [0, 0.05) is 5.69 Å². The highest BCUT2D eigenvalue weighted by molar-refractivity contribution is 6.22. The van der Waals surface area contributed by atoms with E-state index in [0.29, 0.717) is 28.6 Å². The van der Waals surface area contributed by atoms with Crippen LogP contribution < -0.4 is 15.0 Å². The van der Waals surface area contributed by atoms with Gasteiger partial charge in [0.2, 0.25) is 11.8 Å². The monoisotopic (exact) mass is 392 g/mol. The fourth-order valence-electron chi connectivity index (χ4n) is 4.37. The molecule has 2 fully saturated rings. The van der Waals surface area contributed by atoms with E-state index in [1.54, 1.807) is 48.5 Å². The van der Waals surface area contributed by atoms with Crippen molar-refractivity contribution in [1.29, 1.82) is 0 Å². The number of rotatable bonds is 4. The van der Waals surface area contributed by atoms with E-state index in [4.69, 9.17) is 4.74 Å². The lowest BCUT2D eigenvalue weighted by Gasteiger charge is -2.25. The quantitative estimate of drug-likeness (QED) is 0.802. The lowest BCUT2D eigenvalue weighted by molar-refractivity contribution is -0.122. The summed E-state index contributed by atoms with van der Waals surface area (Å²) in [6.07, 6.45) is 2.54. The third-order valence-electron chi connectivity index (χ3n) is 5.92. The first-order valence-corrected chi connectivity index (χ1v) is 9.92. The number of carbonyl (C=O) groups is 3. The fourth-order valence-corrected chi connectivity index (χ4v) is 4.37. The number of nitrogens with one attached hydrogen (secondary N) is 1. The first kappa shape index (κ1) is 19.2. The van der Waals surface area contributed by atoms with E-state index < -0.39 is 0 Å². The van der Waals surface area contributed by atoms with Crippen LogP contribution in [0.2, 0.25) is 0 Å². The minimum atomic E-state index is -0.288. The molecule has 6 heteroatoms. The summed E-state index contributed by atoms with van der Waals surface area (Å²) in [5.41, 5.74) is 1.56. The summed E-state index contributed by atoms with van der Waals surface area (Å²) in [6.45, 7) is 2.13. The maximum atomic E-state index is 12.8. The second kappa shape index (κ2) is 7.70. The average Bonchev–Trinajstić information content (AvgIpc) is 2.98. The molecule has 150 valence electrons. The summed E-state index contributed by atoms with van der Waals surface area (Å²) in [5.74, 6) is 0.0885. The zero-order valence-corrected chi connectivity index (χ0v) is 16.6. The number of methoxy groups -OCH3 is 1. The predicted molar refractivity (Wildman–Crippen MR) is 110 cm³/mol. The van der Waals surface area contributed by atoms with Gasteiger partial charge in [0.15, 0.2) is 0 Å². The number of imide groups is 1. The topological polar surface area (TPSA) is 75.7 Å². The summed E-state index contributed by atoms with van der Waals surface area (Å²) in [6, 6.07) is 13.8. The highest BCUT2D eigenvalue weighted by Crippen LogP contribution is 2.42. The van der Waals surface area contributed by atoms with Crippen molar-refractivity contribution in [3.05, 3.63) is 54.1 Å². The molecule has 0 aromatic heterocycles. The van der Waals surface area contributed by atoms with E-state index in [0.717, 1.165) is 19.3 Å². The minimum absolute atomic E-state index is 0.0993. The molecule has 6 nitrogen and oxygen atoms in total. The van der Waals surface area contributed by atoms with Crippen molar-refractivity contribution >= 4 is 29.1 Å². The highest BCUT2D eigenvalue weighted by atomic mass is 16.5. The van der Waals surface area contributed by atoms with Crippen molar-refractivity contribution in [2.24, 2.45) is 17.8 Å². The number of ether oxygens (including phenoxy) is 1. The van der Waals surface area contributed by atoms with Gasteiger partial charge in [-0.15, -0.1) is 0 Å². The van der Waals surface area contributed by atoms with Gasteiger partial charge in [0.25, 0.3) is 5.91 Å². The summed E-state index contributed by atoms with van der Waals surface area (Å²) < 4.78 is 5.23. The molecule has 2 aromatic carbocycles. The lowest BCUT2D eigenvalue weighted by Crippen LogP contribution is -2.30. The number of hydrogen-bond acceptors (Lipinski definition) is 4. The zero-order chi connectivity index (χ0) is 20.5. The molecule has 1 saturated heterocycles. The Kier molecular flexibility index (Phi) is 5.09. The van der Waals surface area contributed by atoms with Crippen molar-refractivity contribution in [3.63, 3.8) is 0 Å². The molecule has 1 heterocycles. The molecule has 1 saturated carbocycles. The van der Waals surface area contributed by atoms with Crippen LogP contribution in [0.3, 0.4) is 0 Å². The van der Waals surface area contributed by atoms with Crippen molar-refractivity contribution in [3.8, 4) is 5.75 Å². The molecule has 29 heavy (non-hydrogen) atoms. The first-order valence-electron chi connectivity index (χ1n) is 9.92. The lowest BCUT2D eigenvalue weighted by atomic mass is 9.76. The highest BCUT2D eigenvalue weighted by Gasteiger charge is 2.49. The largest absolute Gasteiger partial charge is 0.496 e. The molecule has 2 aliphatic rings. The SMILES string of the molecule is COc1ccccc1C(=O)Nc1ccc(N2C(=O)C3CCC(C)CC3C2=O)cc1. The molecule has 1 N–H and O–H groups in total. The number of nitrogens with zero attached hydrogens (tertiary/aromatic N) is 1. The van der Waals surface area contributed by atoms with Gasteiger partial charge >= 0.3 is 0 Å². The summed E-state index contributed by atoms with van der Waals surface area (Å²) in [7, 11) is 1.52. The van der Waals surface area contributed by atoms with Crippen LogP contribution in [-0.4, -0.2) is 24.8 Å². The molecular weight excluding hydrogens is 368 g/mol. The average molecular weight is 392 g/mol. The second-order valence-electron chi connectivity index (χ2n) is 7.84.